The van der Waals surface area contributed by atoms with Crippen LogP contribution in [0.25, 0.3) is 6.08 Å². The highest BCUT2D eigenvalue weighted by molar-refractivity contribution is 7.92. The monoisotopic (exact) mass is 536 g/mol. The first-order valence-electron chi connectivity index (χ1n) is 11.6. The van der Waals surface area contributed by atoms with E-state index in [2.05, 4.69) is 20.4 Å². The topological polar surface area (TPSA) is 100 Å². The second-order valence-corrected chi connectivity index (χ2v) is 10.9. The smallest absolute Gasteiger partial charge is 0.406 e. The molecule has 2 aliphatic heterocycles. The second kappa shape index (κ2) is 9.82. The molecule has 0 bridgehead atoms. The van der Waals surface area contributed by atoms with Crippen molar-refractivity contribution in [2.45, 2.75) is 38.6 Å². The number of halogens is 3. The summed E-state index contributed by atoms with van der Waals surface area (Å²) in [5.74, 6) is -0.709. The molecule has 1 spiro atoms. The van der Waals surface area contributed by atoms with Gasteiger partial charge in [-0.2, -0.15) is 4.31 Å². The lowest BCUT2D eigenvalue weighted by Gasteiger charge is -2.34. The first-order chi connectivity index (χ1) is 17.3. The molecule has 0 radical (unpaired) electrons. The van der Waals surface area contributed by atoms with E-state index in [0.717, 1.165) is 34.5 Å². The van der Waals surface area contributed by atoms with Crippen LogP contribution in [-0.2, 0) is 14.8 Å². The van der Waals surface area contributed by atoms with Gasteiger partial charge in [-0.25, -0.2) is 8.42 Å². The number of nitrogens with zero attached hydrogens (tertiary/aromatic N) is 2. The van der Waals surface area contributed by atoms with E-state index in [1.165, 1.54) is 21.8 Å². The van der Waals surface area contributed by atoms with Crippen molar-refractivity contribution < 1.29 is 31.1 Å². The van der Waals surface area contributed by atoms with Crippen LogP contribution in [0.2, 0.25) is 0 Å². The number of ether oxygens (including phenoxy) is 1. The number of aryl methyl sites for hydroxylation is 2. The summed E-state index contributed by atoms with van der Waals surface area (Å²) < 4.78 is 69.0. The average Bonchev–Trinajstić information content (AvgIpc) is 3.13. The maximum atomic E-state index is 13.0. The molecule has 0 atom stereocenters. The van der Waals surface area contributed by atoms with Crippen LogP contribution in [0.15, 0.2) is 46.8 Å². The van der Waals surface area contributed by atoms with Crippen molar-refractivity contribution in [2.24, 2.45) is 4.99 Å². The van der Waals surface area contributed by atoms with Crippen LogP contribution < -0.4 is 15.4 Å². The molecular formula is C25H27F3N4O4S. The minimum Gasteiger partial charge on any atom is -0.406 e. The fourth-order valence-electron chi connectivity index (χ4n) is 4.57. The van der Waals surface area contributed by atoms with Gasteiger partial charge in [0.25, 0.3) is 5.91 Å². The van der Waals surface area contributed by atoms with Crippen LogP contribution in [0.4, 0.5) is 18.9 Å². The predicted octanol–water partition coefficient (Wildman–Crippen LogP) is 3.96. The van der Waals surface area contributed by atoms with E-state index in [0.29, 0.717) is 0 Å². The van der Waals surface area contributed by atoms with E-state index in [4.69, 9.17) is 0 Å². The summed E-state index contributed by atoms with van der Waals surface area (Å²) in [6, 6.07) is 9.04. The molecule has 0 aromatic heterocycles. The third-order valence-corrected chi connectivity index (χ3v) is 8.08. The van der Waals surface area contributed by atoms with Crippen molar-refractivity contribution in [3.8, 4) is 5.75 Å². The maximum Gasteiger partial charge on any atom is 0.573 e. The largest absolute Gasteiger partial charge is 0.573 e. The van der Waals surface area contributed by atoms with E-state index in [-0.39, 0.29) is 37.3 Å². The Kier molecular flexibility index (Phi) is 7.08. The van der Waals surface area contributed by atoms with Gasteiger partial charge in [-0.15, -0.1) is 13.2 Å². The van der Waals surface area contributed by atoms with E-state index in [1.54, 1.807) is 6.08 Å². The van der Waals surface area contributed by atoms with E-state index >= 15 is 0 Å². The molecule has 0 saturated carbocycles. The zero-order valence-corrected chi connectivity index (χ0v) is 21.3. The number of rotatable bonds is 6. The number of hydrogen-bond donors (Lipinski definition) is 2. The number of carbonyl (C=O) groups is 1. The lowest BCUT2D eigenvalue weighted by Crippen LogP contribution is -2.50. The number of piperidine rings is 1. The van der Waals surface area contributed by atoms with Gasteiger partial charge in [0.1, 0.15) is 17.1 Å². The Morgan fingerprint density at radius 2 is 1.78 bits per heavy atom. The fourth-order valence-corrected chi connectivity index (χ4v) is 5.74. The van der Waals surface area contributed by atoms with Crippen molar-refractivity contribution in [1.29, 1.82) is 0 Å². The zero-order chi connectivity index (χ0) is 27.0. The van der Waals surface area contributed by atoms with Gasteiger partial charge < -0.3 is 15.4 Å². The highest BCUT2D eigenvalue weighted by atomic mass is 32.2. The van der Waals surface area contributed by atoms with Gasteiger partial charge >= 0.3 is 6.36 Å². The standard InChI is InChI=1S/C25H27F3N4O4S/c1-16-13-19(29-3)14-17(2)21(16)7-12-37(34,35)32-10-8-24(9-11-32)23(33)30-22(31-24)18-5-4-6-20(15-18)36-25(26,27)28/h4-7,12-15,29H,8-11H2,1-3H3,(H,30,31,33). The zero-order valence-electron chi connectivity index (χ0n) is 20.5. The van der Waals surface area contributed by atoms with E-state index in [9.17, 15) is 26.4 Å². The van der Waals surface area contributed by atoms with Gasteiger partial charge in [0.2, 0.25) is 10.0 Å². The predicted molar refractivity (Wildman–Crippen MR) is 135 cm³/mol. The molecular weight excluding hydrogens is 509 g/mol. The number of amides is 1. The fraction of sp³-hybridized carbons (Fsp3) is 0.360. The molecule has 1 fully saturated rings. The van der Waals surface area contributed by atoms with Crippen molar-refractivity contribution in [3.63, 3.8) is 0 Å². The van der Waals surface area contributed by atoms with Crippen LogP contribution >= 0.6 is 0 Å². The first kappa shape index (κ1) is 26.7. The van der Waals surface area contributed by atoms with Crippen LogP contribution in [-0.4, -0.2) is 56.5 Å². The summed E-state index contributed by atoms with van der Waals surface area (Å²) >= 11 is 0. The Hall–Kier alpha value is -3.38. The van der Waals surface area contributed by atoms with E-state index in [1.807, 2.05) is 33.0 Å². The molecule has 37 heavy (non-hydrogen) atoms. The number of amidine groups is 1. The van der Waals surface area contributed by atoms with Gasteiger partial charge in [0, 0.05) is 36.8 Å². The molecule has 1 amide bonds. The minimum absolute atomic E-state index is 0.0742. The maximum absolute atomic E-state index is 13.0. The molecule has 1 saturated heterocycles. The van der Waals surface area contributed by atoms with Crippen molar-refractivity contribution in [1.82, 2.24) is 9.62 Å². The molecule has 2 N–H and O–H groups in total. The van der Waals surface area contributed by atoms with Crippen molar-refractivity contribution in [2.75, 3.05) is 25.5 Å². The number of nitrogens with one attached hydrogen (secondary N) is 2. The number of aliphatic imine (C=N–C) groups is 1. The molecule has 4 rings (SSSR count). The third-order valence-electron chi connectivity index (χ3n) is 6.52. The van der Waals surface area contributed by atoms with Crippen molar-refractivity contribution >= 4 is 33.5 Å². The van der Waals surface area contributed by atoms with Gasteiger partial charge in [-0.1, -0.05) is 12.1 Å². The van der Waals surface area contributed by atoms with Crippen LogP contribution in [0.5, 0.6) is 5.75 Å². The summed E-state index contributed by atoms with van der Waals surface area (Å²) in [5.41, 5.74) is 2.70. The van der Waals surface area contributed by atoms with Crippen molar-refractivity contribution in [3.05, 3.63) is 64.1 Å². The quantitative estimate of drug-likeness (QED) is 0.583. The molecule has 8 nitrogen and oxygen atoms in total. The molecule has 2 aromatic carbocycles. The summed E-state index contributed by atoms with van der Waals surface area (Å²) in [4.78, 5) is 17.3. The minimum atomic E-state index is -4.85. The molecule has 12 heteroatoms. The summed E-state index contributed by atoms with van der Waals surface area (Å²) in [6.45, 7) is 3.96. The number of carbonyl (C=O) groups excluding carboxylic acids is 1. The van der Waals surface area contributed by atoms with Gasteiger partial charge in [0.05, 0.1) is 0 Å². The molecule has 2 aliphatic rings. The molecule has 0 unspecified atom stereocenters. The Bertz CT molecular complexity index is 1360. The highest BCUT2D eigenvalue weighted by Gasteiger charge is 2.47. The second-order valence-electron chi connectivity index (χ2n) is 9.04. The lowest BCUT2D eigenvalue weighted by atomic mass is 9.89. The molecule has 2 aromatic rings. The third kappa shape index (κ3) is 5.80. The number of benzene rings is 2. The lowest BCUT2D eigenvalue weighted by molar-refractivity contribution is -0.274. The number of sulfonamides is 1. The normalized spacial score (nSPS) is 18.2. The Morgan fingerprint density at radius 1 is 1.14 bits per heavy atom. The molecule has 0 aliphatic carbocycles. The molecule has 2 heterocycles. The number of anilines is 1. The highest BCUT2D eigenvalue weighted by Crippen LogP contribution is 2.33. The Morgan fingerprint density at radius 3 is 2.38 bits per heavy atom. The number of hydrogen-bond acceptors (Lipinski definition) is 6. The summed E-state index contributed by atoms with van der Waals surface area (Å²) in [7, 11) is -1.94. The Labute approximate surface area is 213 Å². The van der Waals surface area contributed by atoms with Gasteiger partial charge in [-0.05, 0) is 73.7 Å². The van der Waals surface area contributed by atoms with Crippen LogP contribution in [0, 0.1) is 13.8 Å². The van der Waals surface area contributed by atoms with Crippen LogP contribution in [0.1, 0.15) is 35.1 Å². The number of alkyl halides is 3. The summed E-state index contributed by atoms with van der Waals surface area (Å²) in [6.07, 6.45) is -2.98. The van der Waals surface area contributed by atoms with Crippen LogP contribution in [0.3, 0.4) is 0 Å². The SMILES string of the molecule is CNc1cc(C)c(C=CS(=O)(=O)N2CCC3(CC2)N=C(c2cccc(OC(F)(F)F)c2)NC3=O)c(C)c1. The molecule has 198 valence electrons. The Balaban J connectivity index is 1.48. The van der Waals surface area contributed by atoms with Gasteiger partial charge in [-0.3, -0.25) is 9.79 Å². The van der Waals surface area contributed by atoms with E-state index < -0.39 is 33.6 Å². The summed E-state index contributed by atoms with van der Waals surface area (Å²) in [5, 5.41) is 6.87. The average molecular weight is 537 g/mol. The first-order valence-corrected chi connectivity index (χ1v) is 13.1. The van der Waals surface area contributed by atoms with Gasteiger partial charge in [0.15, 0.2) is 0 Å².